The van der Waals surface area contributed by atoms with Gasteiger partial charge >= 0.3 is 183 Å². The van der Waals surface area contributed by atoms with E-state index in [0.717, 1.165) is 44.9 Å². The van der Waals surface area contributed by atoms with Crippen LogP contribution in [0.1, 0.15) is 38.9 Å². The average Bonchev–Trinajstić information content (AvgIpc) is 3.00. The van der Waals surface area contributed by atoms with Gasteiger partial charge in [0.15, 0.2) is 0 Å². The van der Waals surface area contributed by atoms with E-state index in [1.165, 1.54) is 11.1 Å². The van der Waals surface area contributed by atoms with Gasteiger partial charge in [-0.15, -0.1) is 0 Å². The number of benzene rings is 2. The molecule has 30 heavy (non-hydrogen) atoms. The summed E-state index contributed by atoms with van der Waals surface area (Å²) in [4.78, 5) is 3.94. The van der Waals surface area contributed by atoms with E-state index in [2.05, 4.69) is 65.8 Å². The van der Waals surface area contributed by atoms with Crippen LogP contribution in [0.2, 0.25) is 0 Å². The quantitative estimate of drug-likeness (QED) is 0.592. The van der Waals surface area contributed by atoms with Crippen LogP contribution in [0.5, 0.6) is 0 Å². The summed E-state index contributed by atoms with van der Waals surface area (Å²) in [7, 11) is 0. The van der Waals surface area contributed by atoms with Crippen molar-refractivity contribution in [2.75, 3.05) is 4.90 Å². The Morgan fingerprint density at radius 1 is 0.800 bits per heavy atom. The number of allylic oxidation sites excluding steroid dienone is 3. The zero-order valence-electron chi connectivity index (χ0n) is 18.4. The van der Waals surface area contributed by atoms with Crippen molar-refractivity contribution in [2.24, 2.45) is 0 Å². The number of aryl methyl sites for hydroxylation is 6. The maximum atomic E-state index is 12.7. The number of hydrogen-bond acceptors (Lipinski definition) is 4. The molecule has 156 valence electrons. The van der Waals surface area contributed by atoms with Crippen LogP contribution in [0.4, 0.5) is 5.69 Å². The Labute approximate surface area is 182 Å². The fourth-order valence-electron chi connectivity index (χ4n) is 4.98. The number of hydrogen-bond donors (Lipinski definition) is 0. The molecule has 0 saturated carbocycles. The molecule has 5 heteroatoms. The van der Waals surface area contributed by atoms with Crippen molar-refractivity contribution < 1.29 is 7.67 Å². The molecular formula is C25H28N2O2Se. The van der Waals surface area contributed by atoms with E-state index in [1.807, 2.05) is 34.2 Å². The summed E-state index contributed by atoms with van der Waals surface area (Å²) in [6.07, 6.45) is 8.02. The summed E-state index contributed by atoms with van der Waals surface area (Å²) in [5, 5.41) is -0.719. The van der Waals surface area contributed by atoms with E-state index < -0.39 is 18.8 Å². The monoisotopic (exact) mass is 468 g/mol. The minimum atomic E-state index is -3.65. The van der Waals surface area contributed by atoms with Crippen LogP contribution in [0, 0.1) is 41.5 Å². The molecule has 0 amide bonds. The second-order valence-electron chi connectivity index (χ2n) is 8.40. The zero-order chi connectivity index (χ0) is 21.7. The summed E-state index contributed by atoms with van der Waals surface area (Å²) in [6.45, 7) is 12.5. The van der Waals surface area contributed by atoms with E-state index in [0.29, 0.717) is 0 Å². The summed E-state index contributed by atoms with van der Waals surface area (Å²) < 4.78 is 25.4. The first kappa shape index (κ1) is 20.6. The first-order chi connectivity index (χ1) is 14.2. The Balaban J connectivity index is 1.89. The molecule has 0 fully saturated rings. The van der Waals surface area contributed by atoms with Gasteiger partial charge in [-0.3, -0.25) is 0 Å². The Bertz CT molecular complexity index is 1160. The molecule has 0 N–H and O–H groups in total. The van der Waals surface area contributed by atoms with Gasteiger partial charge in [-0.05, 0) is 0 Å². The number of nitrogens with zero attached hydrogens (tertiary/aromatic N) is 2. The van der Waals surface area contributed by atoms with Crippen LogP contribution in [-0.2, 0) is 7.67 Å². The zero-order valence-corrected chi connectivity index (χ0v) is 20.2. The van der Waals surface area contributed by atoms with Gasteiger partial charge < -0.3 is 0 Å². The van der Waals surface area contributed by atoms with Crippen LogP contribution in [-0.4, -0.2) is 23.7 Å². The van der Waals surface area contributed by atoms with Gasteiger partial charge in [0.25, 0.3) is 0 Å². The van der Waals surface area contributed by atoms with Crippen LogP contribution >= 0.6 is 0 Å². The van der Waals surface area contributed by atoms with Crippen LogP contribution in [0.3, 0.4) is 0 Å². The maximum absolute atomic E-state index is 12.7. The van der Waals surface area contributed by atoms with Crippen molar-refractivity contribution >= 4 is 25.1 Å². The molecule has 2 aliphatic rings. The van der Waals surface area contributed by atoms with Gasteiger partial charge in [-0.1, -0.05) is 0 Å². The van der Waals surface area contributed by atoms with Gasteiger partial charge in [-0.25, -0.2) is 0 Å². The third-order valence-electron chi connectivity index (χ3n) is 5.83. The van der Waals surface area contributed by atoms with Crippen molar-refractivity contribution in [3.63, 3.8) is 0 Å². The Hall–Kier alpha value is -2.62. The molecular weight excluding hydrogens is 439 g/mol. The average molecular weight is 467 g/mol. The van der Waals surface area contributed by atoms with Gasteiger partial charge in [0.1, 0.15) is 0 Å². The summed E-state index contributed by atoms with van der Waals surface area (Å²) in [5.74, 6) is 0. The van der Waals surface area contributed by atoms with Crippen molar-refractivity contribution in [3.8, 4) is 0 Å². The van der Waals surface area contributed by atoms with E-state index >= 15 is 0 Å². The predicted molar refractivity (Wildman–Crippen MR) is 123 cm³/mol. The Kier molecular flexibility index (Phi) is 5.21. The normalized spacial score (nSPS) is 18.0. The molecule has 2 aromatic carbocycles. The molecule has 1 unspecified atom stereocenters. The first-order valence-electron chi connectivity index (χ1n) is 10.2. The molecule has 4 rings (SSSR count). The van der Waals surface area contributed by atoms with Crippen LogP contribution < -0.4 is 4.90 Å². The second kappa shape index (κ2) is 7.57. The van der Waals surface area contributed by atoms with Crippen LogP contribution in [0.25, 0.3) is 5.70 Å². The van der Waals surface area contributed by atoms with Crippen molar-refractivity contribution in [1.82, 2.24) is 4.90 Å². The SMILES string of the molecule is Cc1cc(C)c(C2=CC=CC3=CN(c4c(C)cc(C)cc4C)C([SeH](=O)=O)N32)c(C)c1. The molecule has 2 heterocycles. The van der Waals surface area contributed by atoms with Crippen LogP contribution in [0.15, 0.2) is 54.4 Å². The van der Waals surface area contributed by atoms with Gasteiger partial charge in [-0.2, -0.15) is 0 Å². The van der Waals surface area contributed by atoms with Gasteiger partial charge in [0.2, 0.25) is 0 Å². The molecule has 0 spiro atoms. The van der Waals surface area contributed by atoms with E-state index in [1.54, 1.807) is 0 Å². The van der Waals surface area contributed by atoms with Crippen molar-refractivity contribution in [2.45, 2.75) is 46.6 Å². The van der Waals surface area contributed by atoms with Gasteiger partial charge in [0, 0.05) is 0 Å². The molecule has 1 atom stereocenters. The number of fused-ring (bicyclic) bond motifs is 1. The van der Waals surface area contributed by atoms with Crippen molar-refractivity contribution in [1.29, 1.82) is 0 Å². The first-order valence-corrected chi connectivity index (χ1v) is 12.8. The molecule has 0 radical (unpaired) electrons. The summed E-state index contributed by atoms with van der Waals surface area (Å²) in [6, 6.07) is 8.55. The van der Waals surface area contributed by atoms with E-state index in [9.17, 15) is 7.67 Å². The fourth-order valence-corrected chi connectivity index (χ4v) is 6.72. The third kappa shape index (κ3) is 3.32. The Morgan fingerprint density at radius 2 is 1.33 bits per heavy atom. The molecule has 0 saturated heterocycles. The molecule has 0 aromatic heterocycles. The molecule has 0 aliphatic carbocycles. The second-order valence-corrected chi connectivity index (χ2v) is 10.6. The van der Waals surface area contributed by atoms with E-state index in [4.69, 9.17) is 0 Å². The Morgan fingerprint density at radius 3 is 1.87 bits per heavy atom. The predicted octanol–water partition coefficient (Wildman–Crippen LogP) is 5.06. The number of rotatable bonds is 3. The topological polar surface area (TPSA) is 40.6 Å². The summed E-state index contributed by atoms with van der Waals surface area (Å²) in [5.41, 5.74) is 10.8. The van der Waals surface area contributed by atoms with Gasteiger partial charge in [0.05, 0.1) is 0 Å². The molecule has 0 bridgehead atoms. The standard InChI is InChI=1S/C25H28N2O2Se/c1-15-10-17(3)23(18(4)11-15)22-9-7-8-21-14-26(25(27(21)22)30(28)29)24-19(5)12-16(2)13-20(24)6/h7-14,25,30H,1-6H3. The fraction of sp³-hybridized carbons (Fsp3) is 0.280. The van der Waals surface area contributed by atoms with E-state index in [-0.39, 0.29) is 0 Å². The molecule has 2 aliphatic heterocycles. The van der Waals surface area contributed by atoms with Crippen molar-refractivity contribution in [3.05, 3.63) is 93.3 Å². The number of anilines is 1. The third-order valence-corrected chi connectivity index (χ3v) is 7.62. The molecule has 4 nitrogen and oxygen atoms in total. The molecule has 2 aromatic rings. The summed E-state index contributed by atoms with van der Waals surface area (Å²) >= 11 is -3.65. The minimum absolute atomic E-state index is 0.719.